The van der Waals surface area contributed by atoms with E-state index in [1.165, 1.54) is 19.3 Å². The molecule has 0 bridgehead atoms. The zero-order valence-corrected chi connectivity index (χ0v) is 13.1. The van der Waals surface area contributed by atoms with Gasteiger partial charge in [-0.15, -0.1) is 11.3 Å². The zero-order valence-electron chi connectivity index (χ0n) is 12.3. The minimum atomic E-state index is -0.0759. The number of amides is 2. The number of urea groups is 1. The highest BCUT2D eigenvalue weighted by atomic mass is 32.1. The van der Waals surface area contributed by atoms with Crippen molar-refractivity contribution in [2.24, 2.45) is 5.92 Å². The fraction of sp³-hybridized carbons (Fsp3) is 0.500. The van der Waals surface area contributed by atoms with Crippen LogP contribution in [0, 0.1) is 5.92 Å². The Labute approximate surface area is 129 Å². The average molecular weight is 303 g/mol. The van der Waals surface area contributed by atoms with Gasteiger partial charge in [0.1, 0.15) is 5.01 Å². The van der Waals surface area contributed by atoms with Gasteiger partial charge in [-0.05, 0) is 30.9 Å². The molecule has 112 valence electrons. The molecule has 1 saturated carbocycles. The third kappa shape index (κ3) is 3.53. The molecule has 2 unspecified atom stereocenters. The molecule has 1 aromatic heterocycles. The summed E-state index contributed by atoms with van der Waals surface area (Å²) in [4.78, 5) is 16.5. The van der Waals surface area contributed by atoms with E-state index in [1.54, 1.807) is 11.3 Å². The fourth-order valence-electron chi connectivity index (χ4n) is 2.90. The quantitative estimate of drug-likeness (QED) is 0.909. The minimum absolute atomic E-state index is 0.0759. The van der Waals surface area contributed by atoms with Gasteiger partial charge in [0, 0.05) is 6.04 Å². The molecule has 21 heavy (non-hydrogen) atoms. The molecule has 2 N–H and O–H groups in total. The lowest BCUT2D eigenvalue weighted by molar-refractivity contribution is 0.221. The van der Waals surface area contributed by atoms with Crippen molar-refractivity contribution >= 4 is 27.6 Å². The molecule has 2 atom stereocenters. The van der Waals surface area contributed by atoms with Gasteiger partial charge in [-0.2, -0.15) is 0 Å². The Kier molecular flexibility index (Phi) is 4.39. The molecular weight excluding hydrogens is 282 g/mol. The number of hydrogen-bond acceptors (Lipinski definition) is 3. The molecule has 1 aromatic carbocycles. The number of carbonyl (C=O) groups excluding carboxylic acids is 1. The van der Waals surface area contributed by atoms with Crippen LogP contribution in [0.2, 0.25) is 0 Å². The molecule has 3 rings (SSSR count). The van der Waals surface area contributed by atoms with Crippen LogP contribution < -0.4 is 10.6 Å². The summed E-state index contributed by atoms with van der Waals surface area (Å²) in [6, 6.07) is 8.28. The first-order valence-electron chi connectivity index (χ1n) is 7.61. The first-order chi connectivity index (χ1) is 10.2. The van der Waals surface area contributed by atoms with Crippen molar-refractivity contribution in [1.29, 1.82) is 0 Å². The Morgan fingerprint density at radius 1 is 1.33 bits per heavy atom. The first kappa shape index (κ1) is 14.3. The van der Waals surface area contributed by atoms with E-state index in [4.69, 9.17) is 0 Å². The van der Waals surface area contributed by atoms with Crippen LogP contribution in [0.5, 0.6) is 0 Å². The van der Waals surface area contributed by atoms with Crippen LogP contribution in [0.1, 0.15) is 37.6 Å². The average Bonchev–Trinajstić information content (AvgIpc) is 2.90. The van der Waals surface area contributed by atoms with E-state index in [1.807, 2.05) is 18.2 Å². The van der Waals surface area contributed by atoms with Gasteiger partial charge in [0.05, 0.1) is 16.8 Å². The number of thiazole rings is 1. The number of carbonyl (C=O) groups is 1. The molecule has 1 aliphatic rings. The summed E-state index contributed by atoms with van der Waals surface area (Å²) in [5.41, 5.74) is 1.00. The van der Waals surface area contributed by atoms with Crippen LogP contribution in [0.25, 0.3) is 10.2 Å². The van der Waals surface area contributed by atoms with Crippen LogP contribution >= 0.6 is 11.3 Å². The van der Waals surface area contributed by atoms with E-state index >= 15 is 0 Å². The Morgan fingerprint density at radius 2 is 2.14 bits per heavy atom. The van der Waals surface area contributed by atoms with Gasteiger partial charge in [0.25, 0.3) is 0 Å². The van der Waals surface area contributed by atoms with Gasteiger partial charge in [-0.1, -0.05) is 31.9 Å². The second-order valence-electron chi connectivity index (χ2n) is 5.77. The zero-order chi connectivity index (χ0) is 14.7. The molecule has 1 fully saturated rings. The summed E-state index contributed by atoms with van der Waals surface area (Å²) in [6.45, 7) is 2.71. The fourth-order valence-corrected chi connectivity index (χ4v) is 3.81. The minimum Gasteiger partial charge on any atom is -0.335 e. The Bertz CT molecular complexity index is 592. The number of fused-ring (bicyclic) bond motifs is 1. The molecule has 0 radical (unpaired) electrons. The van der Waals surface area contributed by atoms with Crippen LogP contribution in [0.15, 0.2) is 24.3 Å². The predicted octanol–water partition coefficient (Wildman–Crippen LogP) is 3.67. The topological polar surface area (TPSA) is 54.0 Å². The SMILES string of the molecule is CC1CCCCC1NC(=O)NCc1nc2ccccc2s1. The number of para-hydroxylation sites is 1. The van der Waals surface area contributed by atoms with Crippen LogP contribution in [0.3, 0.4) is 0 Å². The Hall–Kier alpha value is -1.62. The summed E-state index contributed by atoms with van der Waals surface area (Å²) in [7, 11) is 0. The maximum atomic E-state index is 12.0. The molecule has 2 aromatic rings. The van der Waals surface area contributed by atoms with E-state index < -0.39 is 0 Å². The second-order valence-corrected chi connectivity index (χ2v) is 6.89. The molecule has 1 aliphatic carbocycles. The highest BCUT2D eigenvalue weighted by Gasteiger charge is 2.22. The van der Waals surface area contributed by atoms with Crippen molar-refractivity contribution in [3.63, 3.8) is 0 Å². The summed E-state index contributed by atoms with van der Waals surface area (Å²) in [6.07, 6.45) is 4.80. The summed E-state index contributed by atoms with van der Waals surface area (Å²) in [5, 5.41) is 6.97. The van der Waals surface area contributed by atoms with E-state index in [-0.39, 0.29) is 6.03 Å². The molecule has 5 heteroatoms. The lowest BCUT2D eigenvalue weighted by Gasteiger charge is -2.29. The van der Waals surface area contributed by atoms with Gasteiger partial charge in [-0.25, -0.2) is 9.78 Å². The molecule has 0 spiro atoms. The maximum absolute atomic E-state index is 12.0. The standard InChI is InChI=1S/C16H21N3OS/c1-11-6-2-3-7-12(11)19-16(20)17-10-15-18-13-8-4-5-9-14(13)21-15/h4-5,8-9,11-12H,2-3,6-7,10H2,1H3,(H2,17,19,20). The first-order valence-corrected chi connectivity index (χ1v) is 8.43. The number of rotatable bonds is 3. The van der Waals surface area contributed by atoms with E-state index in [2.05, 4.69) is 28.6 Å². The smallest absolute Gasteiger partial charge is 0.315 e. The number of benzene rings is 1. The van der Waals surface area contributed by atoms with Crippen LogP contribution in [-0.4, -0.2) is 17.1 Å². The van der Waals surface area contributed by atoms with Gasteiger partial charge < -0.3 is 10.6 Å². The second kappa shape index (κ2) is 6.43. The van der Waals surface area contributed by atoms with Gasteiger partial charge in [-0.3, -0.25) is 0 Å². The summed E-state index contributed by atoms with van der Waals surface area (Å²) < 4.78 is 1.16. The molecule has 4 nitrogen and oxygen atoms in total. The maximum Gasteiger partial charge on any atom is 0.315 e. The monoisotopic (exact) mass is 303 g/mol. The number of hydrogen-bond donors (Lipinski definition) is 2. The van der Waals surface area contributed by atoms with Crippen molar-refractivity contribution in [2.45, 2.75) is 45.2 Å². The van der Waals surface area contributed by atoms with Crippen molar-refractivity contribution in [3.05, 3.63) is 29.3 Å². The largest absolute Gasteiger partial charge is 0.335 e. The highest BCUT2D eigenvalue weighted by Crippen LogP contribution is 2.24. The molecular formula is C16H21N3OS. The van der Waals surface area contributed by atoms with Gasteiger partial charge in [0.15, 0.2) is 0 Å². The van der Waals surface area contributed by atoms with Crippen LogP contribution in [0.4, 0.5) is 4.79 Å². The van der Waals surface area contributed by atoms with Crippen LogP contribution in [-0.2, 0) is 6.54 Å². The lowest BCUT2D eigenvalue weighted by Crippen LogP contribution is -2.45. The molecule has 0 saturated heterocycles. The molecule has 1 heterocycles. The Morgan fingerprint density at radius 3 is 2.95 bits per heavy atom. The number of nitrogens with zero attached hydrogens (tertiary/aromatic N) is 1. The van der Waals surface area contributed by atoms with E-state index in [9.17, 15) is 4.79 Å². The van der Waals surface area contributed by atoms with Crippen molar-refractivity contribution in [3.8, 4) is 0 Å². The van der Waals surface area contributed by atoms with Crippen molar-refractivity contribution in [1.82, 2.24) is 15.6 Å². The molecule has 2 amide bonds. The Balaban J connectivity index is 1.53. The van der Waals surface area contributed by atoms with Gasteiger partial charge in [0.2, 0.25) is 0 Å². The predicted molar refractivity (Wildman–Crippen MR) is 86.4 cm³/mol. The van der Waals surface area contributed by atoms with Crippen molar-refractivity contribution < 1.29 is 4.79 Å². The third-order valence-electron chi connectivity index (χ3n) is 4.17. The number of nitrogens with one attached hydrogen (secondary N) is 2. The normalized spacial score (nSPS) is 22.1. The van der Waals surface area contributed by atoms with Crippen molar-refractivity contribution in [2.75, 3.05) is 0 Å². The highest BCUT2D eigenvalue weighted by molar-refractivity contribution is 7.18. The van der Waals surface area contributed by atoms with Gasteiger partial charge >= 0.3 is 6.03 Å². The summed E-state index contributed by atoms with van der Waals surface area (Å²) in [5.74, 6) is 0.576. The lowest BCUT2D eigenvalue weighted by atomic mass is 9.86. The number of aromatic nitrogens is 1. The van der Waals surface area contributed by atoms with E-state index in [0.29, 0.717) is 18.5 Å². The summed E-state index contributed by atoms with van der Waals surface area (Å²) >= 11 is 1.63. The van der Waals surface area contributed by atoms with E-state index in [0.717, 1.165) is 21.6 Å². The third-order valence-corrected chi connectivity index (χ3v) is 5.20. The molecule has 0 aliphatic heterocycles.